The highest BCUT2D eigenvalue weighted by Crippen LogP contribution is 2.23. The maximum atomic E-state index is 12.3. The minimum absolute atomic E-state index is 0.323. The quantitative estimate of drug-likeness (QED) is 0.825. The van der Waals surface area contributed by atoms with Gasteiger partial charge in [-0.15, -0.1) is 0 Å². The van der Waals surface area contributed by atoms with Crippen LogP contribution in [-0.4, -0.2) is 39.0 Å². The van der Waals surface area contributed by atoms with E-state index in [4.69, 9.17) is 16.3 Å². The fourth-order valence-electron chi connectivity index (χ4n) is 1.83. The third-order valence-electron chi connectivity index (χ3n) is 2.72. The van der Waals surface area contributed by atoms with Crippen molar-refractivity contribution in [2.24, 2.45) is 0 Å². The fraction of sp³-hybridized carbons (Fsp3) is 0.455. The zero-order chi connectivity index (χ0) is 12.5. The molecule has 1 aliphatic heterocycles. The number of morpholine rings is 1. The van der Waals surface area contributed by atoms with Gasteiger partial charge >= 0.3 is 0 Å². The summed E-state index contributed by atoms with van der Waals surface area (Å²) in [5.74, 6) is 0. The third kappa shape index (κ3) is 2.63. The van der Waals surface area contributed by atoms with Crippen molar-refractivity contribution < 1.29 is 13.2 Å². The molecule has 6 heteroatoms. The second-order valence-electron chi connectivity index (χ2n) is 3.93. The standard InChI is InChI=1S/C11H14ClNO3S/c1-9-8-10(12)2-3-11(9)17(14,15)13-4-6-16-7-5-13/h2-3,8H,4-7H2,1H3. The van der Waals surface area contributed by atoms with Gasteiger partial charge in [-0.2, -0.15) is 4.31 Å². The molecule has 1 aromatic rings. The van der Waals surface area contributed by atoms with Crippen LogP contribution in [0.25, 0.3) is 0 Å². The molecule has 1 saturated heterocycles. The van der Waals surface area contributed by atoms with E-state index in [9.17, 15) is 8.42 Å². The summed E-state index contributed by atoms with van der Waals surface area (Å²) in [5.41, 5.74) is 0.670. The first-order chi connectivity index (χ1) is 8.01. The second kappa shape index (κ2) is 4.94. The van der Waals surface area contributed by atoms with Crippen molar-refractivity contribution in [3.8, 4) is 0 Å². The first-order valence-corrected chi connectivity index (χ1v) is 7.17. The average molecular weight is 276 g/mol. The summed E-state index contributed by atoms with van der Waals surface area (Å²) in [5, 5.41) is 0.545. The lowest BCUT2D eigenvalue weighted by Gasteiger charge is -2.26. The molecular weight excluding hydrogens is 262 g/mol. The van der Waals surface area contributed by atoms with Crippen molar-refractivity contribution in [2.45, 2.75) is 11.8 Å². The monoisotopic (exact) mass is 275 g/mol. The molecule has 0 aliphatic carbocycles. The molecule has 0 unspecified atom stereocenters. The predicted molar refractivity (Wildman–Crippen MR) is 65.8 cm³/mol. The van der Waals surface area contributed by atoms with E-state index < -0.39 is 10.0 Å². The van der Waals surface area contributed by atoms with Crippen LogP contribution in [-0.2, 0) is 14.8 Å². The summed E-state index contributed by atoms with van der Waals surface area (Å²) in [4.78, 5) is 0.323. The number of hydrogen-bond donors (Lipinski definition) is 0. The van der Waals surface area contributed by atoms with Gasteiger partial charge in [0.1, 0.15) is 0 Å². The minimum atomic E-state index is -3.41. The van der Waals surface area contributed by atoms with E-state index in [1.807, 2.05) is 0 Å². The lowest BCUT2D eigenvalue weighted by atomic mass is 10.2. The summed E-state index contributed by atoms with van der Waals surface area (Å²) in [6, 6.07) is 4.82. The van der Waals surface area contributed by atoms with Crippen LogP contribution >= 0.6 is 11.6 Å². The van der Waals surface area contributed by atoms with E-state index in [2.05, 4.69) is 0 Å². The predicted octanol–water partition coefficient (Wildman–Crippen LogP) is 1.67. The first kappa shape index (κ1) is 12.8. The lowest BCUT2D eigenvalue weighted by molar-refractivity contribution is 0.0730. The smallest absolute Gasteiger partial charge is 0.243 e. The van der Waals surface area contributed by atoms with Crippen molar-refractivity contribution in [3.63, 3.8) is 0 Å². The molecule has 17 heavy (non-hydrogen) atoms. The minimum Gasteiger partial charge on any atom is -0.379 e. The average Bonchev–Trinajstić information content (AvgIpc) is 2.29. The fourth-order valence-corrected chi connectivity index (χ4v) is 3.67. The Labute approximate surface area is 106 Å². The van der Waals surface area contributed by atoms with Crippen molar-refractivity contribution in [3.05, 3.63) is 28.8 Å². The highest BCUT2D eigenvalue weighted by Gasteiger charge is 2.27. The van der Waals surface area contributed by atoms with E-state index in [0.717, 1.165) is 0 Å². The Morgan fingerprint density at radius 2 is 1.94 bits per heavy atom. The van der Waals surface area contributed by atoms with Gasteiger partial charge in [0.2, 0.25) is 10.0 Å². The Hall–Kier alpha value is -0.620. The number of benzene rings is 1. The number of ether oxygens (including phenoxy) is 1. The summed E-state index contributed by atoms with van der Waals surface area (Å²) in [7, 11) is -3.41. The van der Waals surface area contributed by atoms with Crippen molar-refractivity contribution in [1.82, 2.24) is 4.31 Å². The van der Waals surface area contributed by atoms with E-state index in [-0.39, 0.29) is 0 Å². The molecule has 0 aromatic heterocycles. The molecule has 94 valence electrons. The number of hydrogen-bond acceptors (Lipinski definition) is 3. The molecule has 0 N–H and O–H groups in total. The molecule has 0 atom stereocenters. The summed E-state index contributed by atoms with van der Waals surface area (Å²) in [6.07, 6.45) is 0. The Kier molecular flexibility index (Phi) is 3.73. The molecular formula is C11H14ClNO3S. The number of rotatable bonds is 2. The first-order valence-electron chi connectivity index (χ1n) is 5.36. The Balaban J connectivity index is 2.37. The van der Waals surface area contributed by atoms with Crippen LogP contribution in [0.4, 0.5) is 0 Å². The highest BCUT2D eigenvalue weighted by molar-refractivity contribution is 7.89. The van der Waals surface area contributed by atoms with Gasteiger partial charge in [0, 0.05) is 18.1 Å². The van der Waals surface area contributed by atoms with Gasteiger partial charge in [0.15, 0.2) is 0 Å². The largest absolute Gasteiger partial charge is 0.379 e. The summed E-state index contributed by atoms with van der Waals surface area (Å²) in [6.45, 7) is 3.46. The topological polar surface area (TPSA) is 46.6 Å². The van der Waals surface area contributed by atoms with E-state index in [1.165, 1.54) is 4.31 Å². The van der Waals surface area contributed by atoms with Crippen LogP contribution in [0.15, 0.2) is 23.1 Å². The van der Waals surface area contributed by atoms with Gasteiger partial charge in [-0.05, 0) is 30.7 Å². The van der Waals surface area contributed by atoms with Gasteiger partial charge < -0.3 is 4.74 Å². The zero-order valence-electron chi connectivity index (χ0n) is 9.52. The molecule has 1 aliphatic rings. The van der Waals surface area contributed by atoms with Crippen molar-refractivity contribution >= 4 is 21.6 Å². The number of nitrogens with zero attached hydrogens (tertiary/aromatic N) is 1. The van der Waals surface area contributed by atoms with Gasteiger partial charge in [-0.3, -0.25) is 0 Å². The van der Waals surface area contributed by atoms with Gasteiger partial charge in [-0.1, -0.05) is 11.6 Å². The highest BCUT2D eigenvalue weighted by atomic mass is 35.5. The van der Waals surface area contributed by atoms with E-state index >= 15 is 0 Å². The van der Waals surface area contributed by atoms with E-state index in [0.29, 0.717) is 41.8 Å². The molecule has 0 radical (unpaired) electrons. The molecule has 0 amide bonds. The molecule has 1 fully saturated rings. The molecule has 0 saturated carbocycles. The van der Waals surface area contributed by atoms with Crippen LogP contribution in [0, 0.1) is 6.92 Å². The number of halogens is 1. The van der Waals surface area contributed by atoms with Gasteiger partial charge in [-0.25, -0.2) is 8.42 Å². The van der Waals surface area contributed by atoms with Gasteiger partial charge in [0.25, 0.3) is 0 Å². The summed E-state index contributed by atoms with van der Waals surface area (Å²) >= 11 is 5.82. The van der Waals surface area contributed by atoms with Crippen molar-refractivity contribution in [2.75, 3.05) is 26.3 Å². The normalized spacial score (nSPS) is 18.2. The molecule has 0 bridgehead atoms. The maximum Gasteiger partial charge on any atom is 0.243 e. The molecule has 2 rings (SSSR count). The van der Waals surface area contributed by atoms with Crippen LogP contribution in [0.2, 0.25) is 5.02 Å². The Bertz CT molecular complexity index is 509. The van der Waals surface area contributed by atoms with Crippen LogP contribution in [0.3, 0.4) is 0 Å². The lowest BCUT2D eigenvalue weighted by Crippen LogP contribution is -2.40. The number of aryl methyl sites for hydroxylation is 1. The summed E-state index contributed by atoms with van der Waals surface area (Å²) < 4.78 is 31.3. The third-order valence-corrected chi connectivity index (χ3v) is 5.02. The Morgan fingerprint density at radius 3 is 2.53 bits per heavy atom. The van der Waals surface area contributed by atoms with Crippen molar-refractivity contribution in [1.29, 1.82) is 0 Å². The molecule has 1 heterocycles. The SMILES string of the molecule is Cc1cc(Cl)ccc1S(=O)(=O)N1CCOCC1. The maximum absolute atomic E-state index is 12.3. The molecule has 1 aromatic carbocycles. The van der Waals surface area contributed by atoms with Crippen LogP contribution in [0.5, 0.6) is 0 Å². The molecule has 0 spiro atoms. The van der Waals surface area contributed by atoms with Crippen LogP contribution < -0.4 is 0 Å². The van der Waals surface area contributed by atoms with Crippen LogP contribution in [0.1, 0.15) is 5.56 Å². The molecule has 4 nitrogen and oxygen atoms in total. The van der Waals surface area contributed by atoms with E-state index in [1.54, 1.807) is 25.1 Å². The Morgan fingerprint density at radius 1 is 1.29 bits per heavy atom. The second-order valence-corrected chi connectivity index (χ2v) is 6.27. The zero-order valence-corrected chi connectivity index (χ0v) is 11.1. The number of sulfonamides is 1. The van der Waals surface area contributed by atoms with Gasteiger partial charge in [0.05, 0.1) is 18.1 Å².